The molecule has 4 rings (SSSR count). The third-order valence-electron chi connectivity index (χ3n) is 5.41. The van der Waals surface area contributed by atoms with Gasteiger partial charge in [0.2, 0.25) is 0 Å². The summed E-state index contributed by atoms with van der Waals surface area (Å²) in [5.74, 6) is 0.514. The number of nitrogens with one attached hydrogen (secondary N) is 1. The summed E-state index contributed by atoms with van der Waals surface area (Å²) >= 11 is 0. The number of hydrogen-bond acceptors (Lipinski definition) is 3. The highest BCUT2D eigenvalue weighted by Gasteiger charge is 2.25. The van der Waals surface area contributed by atoms with E-state index in [2.05, 4.69) is 47.8 Å². The molecule has 1 N–H and O–H groups in total. The molecule has 26 heavy (non-hydrogen) atoms. The first-order chi connectivity index (χ1) is 12.8. The molecule has 0 saturated carbocycles. The fraction of sp³-hybridized carbons (Fsp3) is 0.476. The van der Waals surface area contributed by atoms with Crippen LogP contribution in [0.2, 0.25) is 0 Å². The number of fused-ring (bicyclic) bond motifs is 1. The van der Waals surface area contributed by atoms with Crippen LogP contribution in [0.4, 0.5) is 4.79 Å². The van der Waals surface area contributed by atoms with Crippen molar-refractivity contribution in [1.82, 2.24) is 10.2 Å². The van der Waals surface area contributed by atoms with Gasteiger partial charge in [-0.1, -0.05) is 42.5 Å². The first-order valence-corrected chi connectivity index (χ1v) is 9.51. The van der Waals surface area contributed by atoms with Crippen LogP contribution in [0.25, 0.3) is 10.8 Å². The van der Waals surface area contributed by atoms with Crippen LogP contribution < -0.4 is 5.32 Å². The van der Waals surface area contributed by atoms with Gasteiger partial charge in [0.15, 0.2) is 0 Å². The van der Waals surface area contributed by atoms with Crippen molar-refractivity contribution in [2.24, 2.45) is 0 Å². The molecule has 2 aliphatic heterocycles. The molecule has 5 nitrogen and oxygen atoms in total. The number of rotatable bonds is 3. The topological polar surface area (TPSA) is 50.8 Å². The predicted molar refractivity (Wildman–Crippen MR) is 101 cm³/mol. The molecule has 0 aliphatic carbocycles. The molecule has 2 fully saturated rings. The van der Waals surface area contributed by atoms with Crippen LogP contribution in [0.1, 0.15) is 24.3 Å². The molecule has 138 valence electrons. The number of urea groups is 1. The lowest BCUT2D eigenvalue weighted by molar-refractivity contribution is -0.0856. The zero-order valence-corrected chi connectivity index (χ0v) is 15.0. The number of benzene rings is 2. The van der Waals surface area contributed by atoms with E-state index in [1.807, 2.05) is 4.90 Å². The Hall–Kier alpha value is -2.11. The van der Waals surface area contributed by atoms with Crippen LogP contribution >= 0.6 is 0 Å². The van der Waals surface area contributed by atoms with Gasteiger partial charge >= 0.3 is 6.03 Å². The average Bonchev–Trinajstić information content (AvgIpc) is 2.72. The van der Waals surface area contributed by atoms with E-state index in [-0.39, 0.29) is 12.1 Å². The van der Waals surface area contributed by atoms with Crippen LogP contribution in [-0.2, 0) is 9.47 Å². The molecule has 2 aromatic rings. The molecule has 5 heteroatoms. The quantitative estimate of drug-likeness (QED) is 0.921. The molecule has 2 aromatic carbocycles. The Labute approximate surface area is 154 Å². The van der Waals surface area contributed by atoms with Gasteiger partial charge in [-0.3, -0.25) is 0 Å². The number of carbonyl (C=O) groups excluding carboxylic acids is 1. The van der Waals surface area contributed by atoms with E-state index in [0.29, 0.717) is 32.3 Å². The van der Waals surface area contributed by atoms with E-state index in [9.17, 15) is 4.79 Å². The highest BCUT2D eigenvalue weighted by molar-refractivity contribution is 5.86. The molecular weight excluding hydrogens is 328 g/mol. The monoisotopic (exact) mass is 354 g/mol. The van der Waals surface area contributed by atoms with E-state index in [1.54, 1.807) is 0 Å². The second kappa shape index (κ2) is 8.06. The Balaban J connectivity index is 1.32. The maximum absolute atomic E-state index is 12.4. The van der Waals surface area contributed by atoms with E-state index in [0.717, 1.165) is 25.9 Å². The standard InChI is InChI=1S/C21H26N2O3/c24-21(22-14-18-15-25-12-13-26-18)23-10-8-17(9-11-23)20-7-3-5-16-4-1-2-6-19(16)20/h1-7,17-18H,8-15H2,(H,22,24). The predicted octanol–water partition coefficient (Wildman–Crippen LogP) is 3.14. The van der Waals surface area contributed by atoms with Gasteiger partial charge in [-0.2, -0.15) is 0 Å². The second-order valence-corrected chi connectivity index (χ2v) is 7.08. The number of likely N-dealkylation sites (tertiary alicyclic amines) is 1. The lowest BCUT2D eigenvalue weighted by Crippen LogP contribution is -2.47. The van der Waals surface area contributed by atoms with Crippen molar-refractivity contribution in [3.63, 3.8) is 0 Å². The molecule has 1 unspecified atom stereocenters. The van der Waals surface area contributed by atoms with Crippen LogP contribution in [0, 0.1) is 0 Å². The number of nitrogens with zero attached hydrogens (tertiary/aromatic N) is 1. The third-order valence-corrected chi connectivity index (χ3v) is 5.41. The number of amides is 2. The van der Waals surface area contributed by atoms with Gasteiger partial charge in [-0.05, 0) is 35.1 Å². The highest BCUT2D eigenvalue weighted by Crippen LogP contribution is 2.33. The minimum Gasteiger partial charge on any atom is -0.376 e. The molecule has 0 aromatic heterocycles. The first kappa shape index (κ1) is 17.3. The van der Waals surface area contributed by atoms with Crippen LogP contribution in [0.3, 0.4) is 0 Å². The normalized spacial score (nSPS) is 21.7. The third kappa shape index (κ3) is 3.84. The van der Waals surface area contributed by atoms with Gasteiger partial charge in [-0.15, -0.1) is 0 Å². The van der Waals surface area contributed by atoms with Crippen molar-refractivity contribution < 1.29 is 14.3 Å². The minimum atomic E-state index is -0.0269. The van der Waals surface area contributed by atoms with Gasteiger partial charge in [0.25, 0.3) is 0 Å². The maximum atomic E-state index is 12.4. The highest BCUT2D eigenvalue weighted by atomic mass is 16.6. The van der Waals surface area contributed by atoms with Crippen LogP contribution in [-0.4, -0.2) is 56.5 Å². The number of piperidine rings is 1. The van der Waals surface area contributed by atoms with E-state index >= 15 is 0 Å². The Morgan fingerprint density at radius 1 is 1.08 bits per heavy atom. The molecule has 2 heterocycles. The summed E-state index contributed by atoms with van der Waals surface area (Å²) in [6.45, 7) is 3.91. The van der Waals surface area contributed by atoms with Crippen LogP contribution in [0.15, 0.2) is 42.5 Å². The summed E-state index contributed by atoms with van der Waals surface area (Å²) in [5, 5.41) is 5.62. The van der Waals surface area contributed by atoms with E-state index < -0.39 is 0 Å². The molecule has 2 aliphatic rings. The van der Waals surface area contributed by atoms with Gasteiger partial charge in [0.1, 0.15) is 0 Å². The second-order valence-electron chi connectivity index (χ2n) is 7.08. The smallest absolute Gasteiger partial charge is 0.317 e. The molecule has 0 spiro atoms. The van der Waals surface area contributed by atoms with E-state index in [1.165, 1.54) is 16.3 Å². The van der Waals surface area contributed by atoms with Crippen molar-refractivity contribution in [3.05, 3.63) is 48.0 Å². The summed E-state index contributed by atoms with van der Waals surface area (Å²) in [4.78, 5) is 14.3. The fourth-order valence-corrected chi connectivity index (χ4v) is 3.97. The van der Waals surface area contributed by atoms with Crippen molar-refractivity contribution >= 4 is 16.8 Å². The lowest BCUT2D eigenvalue weighted by Gasteiger charge is -2.33. The number of ether oxygens (including phenoxy) is 2. The molecule has 2 amide bonds. The zero-order chi connectivity index (χ0) is 17.8. The summed E-state index contributed by atoms with van der Waals surface area (Å²) in [5.41, 5.74) is 1.41. The first-order valence-electron chi connectivity index (χ1n) is 9.51. The largest absolute Gasteiger partial charge is 0.376 e. The van der Waals surface area contributed by atoms with Crippen molar-refractivity contribution in [2.75, 3.05) is 39.5 Å². The van der Waals surface area contributed by atoms with E-state index in [4.69, 9.17) is 9.47 Å². The number of carbonyl (C=O) groups is 1. The van der Waals surface area contributed by atoms with Crippen molar-refractivity contribution in [3.8, 4) is 0 Å². The molecule has 1 atom stereocenters. The average molecular weight is 354 g/mol. The minimum absolute atomic E-state index is 0.00976. The van der Waals surface area contributed by atoms with Crippen LogP contribution in [0.5, 0.6) is 0 Å². The SMILES string of the molecule is O=C(NCC1COCCO1)N1CCC(c2cccc3ccccc23)CC1. The Kier molecular flexibility index (Phi) is 5.37. The summed E-state index contributed by atoms with van der Waals surface area (Å²) in [7, 11) is 0. The lowest BCUT2D eigenvalue weighted by atomic mass is 9.86. The Morgan fingerprint density at radius 2 is 1.88 bits per heavy atom. The Morgan fingerprint density at radius 3 is 2.69 bits per heavy atom. The maximum Gasteiger partial charge on any atom is 0.317 e. The molecule has 0 bridgehead atoms. The Bertz CT molecular complexity index is 745. The van der Waals surface area contributed by atoms with Crippen molar-refractivity contribution in [1.29, 1.82) is 0 Å². The van der Waals surface area contributed by atoms with Crippen molar-refractivity contribution in [2.45, 2.75) is 24.9 Å². The number of hydrogen-bond donors (Lipinski definition) is 1. The zero-order valence-electron chi connectivity index (χ0n) is 15.0. The molecular formula is C21H26N2O3. The van der Waals surface area contributed by atoms with Gasteiger partial charge in [0, 0.05) is 19.6 Å². The summed E-state index contributed by atoms with van der Waals surface area (Å²) < 4.78 is 10.9. The summed E-state index contributed by atoms with van der Waals surface area (Å²) in [6, 6.07) is 15.1. The van der Waals surface area contributed by atoms with Gasteiger partial charge < -0.3 is 19.7 Å². The van der Waals surface area contributed by atoms with Gasteiger partial charge in [0.05, 0.1) is 25.9 Å². The molecule has 0 radical (unpaired) electrons. The van der Waals surface area contributed by atoms with Gasteiger partial charge in [-0.25, -0.2) is 4.79 Å². The molecule has 2 saturated heterocycles. The summed E-state index contributed by atoms with van der Waals surface area (Å²) in [6.07, 6.45) is 1.98. The fourth-order valence-electron chi connectivity index (χ4n) is 3.97.